The fourth-order valence-electron chi connectivity index (χ4n) is 3.06. The fraction of sp³-hybridized carbons (Fsp3) is 0.350. The van der Waals surface area contributed by atoms with Crippen molar-refractivity contribution in [2.75, 3.05) is 25.0 Å². The highest BCUT2D eigenvalue weighted by Gasteiger charge is 2.13. The normalized spacial score (nSPS) is 14.2. The molecule has 136 valence electrons. The van der Waals surface area contributed by atoms with Gasteiger partial charge in [0.05, 0.1) is 11.9 Å². The van der Waals surface area contributed by atoms with Gasteiger partial charge in [-0.1, -0.05) is 12.1 Å². The first kappa shape index (κ1) is 18.1. The number of benzene rings is 1. The number of hydrogen-bond donors (Lipinski definition) is 2. The lowest BCUT2D eigenvalue weighted by atomic mass is 10.1. The largest absolute Gasteiger partial charge is 0.352 e. The van der Waals surface area contributed by atoms with Crippen LogP contribution in [0.4, 0.5) is 5.69 Å². The highest BCUT2D eigenvalue weighted by Crippen LogP contribution is 2.14. The van der Waals surface area contributed by atoms with Gasteiger partial charge in [-0.3, -0.25) is 19.5 Å². The Hall–Kier alpha value is -2.73. The molecule has 0 spiro atoms. The molecule has 0 bridgehead atoms. The molecule has 0 aliphatic carbocycles. The van der Waals surface area contributed by atoms with E-state index in [0.717, 1.165) is 25.2 Å². The number of anilines is 1. The maximum absolute atomic E-state index is 12.3. The molecule has 1 saturated heterocycles. The summed E-state index contributed by atoms with van der Waals surface area (Å²) in [6, 6.07) is 11.2. The van der Waals surface area contributed by atoms with Gasteiger partial charge in [-0.2, -0.15) is 0 Å². The van der Waals surface area contributed by atoms with Crippen LogP contribution in [0, 0.1) is 0 Å². The van der Waals surface area contributed by atoms with Crippen LogP contribution in [-0.2, 0) is 11.3 Å². The molecule has 2 heterocycles. The van der Waals surface area contributed by atoms with E-state index in [-0.39, 0.29) is 18.2 Å². The van der Waals surface area contributed by atoms with Crippen LogP contribution in [0.3, 0.4) is 0 Å². The molecule has 0 radical (unpaired) electrons. The van der Waals surface area contributed by atoms with Crippen molar-refractivity contribution in [3.63, 3.8) is 0 Å². The van der Waals surface area contributed by atoms with Crippen molar-refractivity contribution in [1.82, 2.24) is 15.2 Å². The molecule has 1 aliphatic rings. The van der Waals surface area contributed by atoms with Gasteiger partial charge in [0.1, 0.15) is 0 Å². The molecule has 26 heavy (non-hydrogen) atoms. The van der Waals surface area contributed by atoms with Gasteiger partial charge in [-0.05, 0) is 55.8 Å². The summed E-state index contributed by atoms with van der Waals surface area (Å²) in [5.41, 5.74) is 2.43. The highest BCUT2D eigenvalue weighted by atomic mass is 16.2. The second-order valence-corrected chi connectivity index (χ2v) is 6.48. The van der Waals surface area contributed by atoms with E-state index in [1.807, 2.05) is 12.1 Å². The van der Waals surface area contributed by atoms with Crippen molar-refractivity contribution in [2.24, 2.45) is 0 Å². The van der Waals surface area contributed by atoms with Gasteiger partial charge < -0.3 is 10.6 Å². The van der Waals surface area contributed by atoms with E-state index in [9.17, 15) is 9.59 Å². The van der Waals surface area contributed by atoms with Crippen molar-refractivity contribution < 1.29 is 9.59 Å². The Bertz CT molecular complexity index is 742. The van der Waals surface area contributed by atoms with Crippen molar-refractivity contribution >= 4 is 17.5 Å². The van der Waals surface area contributed by atoms with Crippen molar-refractivity contribution in [1.29, 1.82) is 0 Å². The standard InChI is InChI=1S/C20H24N4O2/c25-19(23-18-7-4-9-21-14-18)8-10-22-20(26)17-6-3-5-16(13-17)15-24-11-1-2-12-24/h3-7,9,13-14H,1-2,8,10-12,15H2,(H,22,26)(H,23,25). The molecule has 2 aromatic rings. The lowest BCUT2D eigenvalue weighted by molar-refractivity contribution is -0.116. The van der Waals surface area contributed by atoms with Gasteiger partial charge in [0, 0.05) is 31.3 Å². The number of pyridine rings is 1. The summed E-state index contributed by atoms with van der Waals surface area (Å²) in [6.07, 6.45) is 5.95. The van der Waals surface area contributed by atoms with Crippen LogP contribution in [0.5, 0.6) is 0 Å². The van der Waals surface area contributed by atoms with E-state index >= 15 is 0 Å². The topological polar surface area (TPSA) is 74.3 Å². The van der Waals surface area contributed by atoms with Gasteiger partial charge in [0.15, 0.2) is 0 Å². The molecule has 1 aromatic heterocycles. The molecule has 0 atom stereocenters. The van der Waals surface area contributed by atoms with Crippen LogP contribution >= 0.6 is 0 Å². The van der Waals surface area contributed by atoms with Crippen molar-refractivity contribution in [3.8, 4) is 0 Å². The third-order valence-corrected chi connectivity index (χ3v) is 4.38. The van der Waals surface area contributed by atoms with E-state index < -0.39 is 0 Å². The number of nitrogens with zero attached hydrogens (tertiary/aromatic N) is 2. The molecule has 2 N–H and O–H groups in total. The first-order chi connectivity index (χ1) is 12.7. The molecule has 2 amide bonds. The van der Waals surface area contributed by atoms with E-state index in [0.29, 0.717) is 17.8 Å². The zero-order valence-electron chi connectivity index (χ0n) is 14.8. The predicted molar refractivity (Wildman–Crippen MR) is 101 cm³/mol. The molecule has 1 aliphatic heterocycles. The minimum absolute atomic E-state index is 0.151. The summed E-state index contributed by atoms with van der Waals surface area (Å²) >= 11 is 0. The summed E-state index contributed by atoms with van der Waals surface area (Å²) in [4.78, 5) is 30.5. The van der Waals surface area contributed by atoms with Gasteiger partial charge in [-0.25, -0.2) is 0 Å². The second kappa shape index (κ2) is 9.10. The number of carbonyl (C=O) groups excluding carboxylic acids is 2. The Balaban J connectivity index is 1.45. The Labute approximate surface area is 153 Å². The van der Waals surface area contributed by atoms with E-state index in [2.05, 4.69) is 26.6 Å². The summed E-state index contributed by atoms with van der Waals surface area (Å²) in [5, 5.41) is 5.55. The third-order valence-electron chi connectivity index (χ3n) is 4.38. The Morgan fingerprint density at radius 1 is 1.12 bits per heavy atom. The number of rotatable bonds is 7. The first-order valence-corrected chi connectivity index (χ1v) is 9.00. The summed E-state index contributed by atoms with van der Waals surface area (Å²) in [7, 11) is 0. The Morgan fingerprint density at radius 2 is 1.96 bits per heavy atom. The molecule has 1 fully saturated rings. The number of hydrogen-bond acceptors (Lipinski definition) is 4. The maximum Gasteiger partial charge on any atom is 0.251 e. The lowest BCUT2D eigenvalue weighted by Crippen LogP contribution is -2.28. The first-order valence-electron chi connectivity index (χ1n) is 9.00. The summed E-state index contributed by atoms with van der Waals surface area (Å²) in [6.45, 7) is 3.43. The van der Waals surface area contributed by atoms with Crippen LogP contribution < -0.4 is 10.6 Å². The third kappa shape index (κ3) is 5.39. The van der Waals surface area contributed by atoms with E-state index in [4.69, 9.17) is 0 Å². The average Bonchev–Trinajstić information content (AvgIpc) is 3.15. The number of carbonyl (C=O) groups is 2. The van der Waals surface area contributed by atoms with Gasteiger partial charge in [0.2, 0.25) is 5.91 Å². The lowest BCUT2D eigenvalue weighted by Gasteiger charge is -2.15. The minimum atomic E-state index is -0.152. The monoisotopic (exact) mass is 352 g/mol. The zero-order chi connectivity index (χ0) is 18.2. The Kier molecular flexibility index (Phi) is 6.33. The molecule has 6 nitrogen and oxygen atoms in total. The van der Waals surface area contributed by atoms with Gasteiger partial charge in [0.25, 0.3) is 5.91 Å². The van der Waals surface area contributed by atoms with Crippen LogP contribution in [0.15, 0.2) is 48.8 Å². The molecule has 0 saturated carbocycles. The molecule has 1 aromatic carbocycles. The smallest absolute Gasteiger partial charge is 0.251 e. The molecule has 3 rings (SSSR count). The van der Waals surface area contributed by atoms with Crippen LogP contribution in [0.2, 0.25) is 0 Å². The maximum atomic E-state index is 12.3. The quantitative estimate of drug-likeness (QED) is 0.803. The minimum Gasteiger partial charge on any atom is -0.352 e. The zero-order valence-corrected chi connectivity index (χ0v) is 14.8. The van der Waals surface area contributed by atoms with E-state index in [1.54, 1.807) is 30.6 Å². The van der Waals surface area contributed by atoms with E-state index in [1.165, 1.54) is 12.8 Å². The average molecular weight is 352 g/mol. The SMILES string of the molecule is O=C(CCNC(=O)c1cccc(CN2CCCC2)c1)Nc1cccnc1. The molecule has 0 unspecified atom stereocenters. The molecular weight excluding hydrogens is 328 g/mol. The number of likely N-dealkylation sites (tertiary alicyclic amines) is 1. The summed E-state index contributed by atoms with van der Waals surface area (Å²) in [5.74, 6) is -0.302. The number of aromatic nitrogens is 1. The van der Waals surface area contributed by atoms with Crippen molar-refractivity contribution in [3.05, 3.63) is 59.9 Å². The number of amides is 2. The molecular formula is C20H24N4O2. The van der Waals surface area contributed by atoms with Crippen LogP contribution in [0.1, 0.15) is 35.2 Å². The van der Waals surface area contributed by atoms with Crippen LogP contribution in [0.25, 0.3) is 0 Å². The highest BCUT2D eigenvalue weighted by molar-refractivity contribution is 5.95. The van der Waals surface area contributed by atoms with Gasteiger partial charge in [-0.15, -0.1) is 0 Å². The molecule has 6 heteroatoms. The second-order valence-electron chi connectivity index (χ2n) is 6.48. The van der Waals surface area contributed by atoms with Crippen LogP contribution in [-0.4, -0.2) is 41.3 Å². The fourth-order valence-corrected chi connectivity index (χ4v) is 3.06. The Morgan fingerprint density at radius 3 is 2.73 bits per heavy atom. The van der Waals surface area contributed by atoms with Gasteiger partial charge >= 0.3 is 0 Å². The van der Waals surface area contributed by atoms with Crippen molar-refractivity contribution in [2.45, 2.75) is 25.8 Å². The number of nitrogens with one attached hydrogen (secondary N) is 2. The summed E-state index contributed by atoms with van der Waals surface area (Å²) < 4.78 is 0. The predicted octanol–water partition coefficient (Wildman–Crippen LogP) is 2.44.